The molecular formula is C29H38F3NO2. The van der Waals surface area contributed by atoms with Crippen LogP contribution in [0.5, 0.6) is 0 Å². The SMILES string of the molecule is CCCc1ccc(C(CCC(C)C)N2CCC(CC(=O)O)CC2c2ccc(C(F)(F)F)cc2)cc1. The number of nitrogens with zero attached hydrogens (tertiary/aromatic N) is 1. The number of alkyl halides is 3. The smallest absolute Gasteiger partial charge is 0.416 e. The van der Waals surface area contributed by atoms with Crippen LogP contribution < -0.4 is 0 Å². The first-order valence-electron chi connectivity index (χ1n) is 12.8. The lowest BCUT2D eigenvalue weighted by molar-refractivity contribution is -0.139. The topological polar surface area (TPSA) is 40.5 Å². The standard InChI is InChI=1S/C29H38F3NO2/c1-4-5-21-7-9-23(10-8-21)26(15-6-20(2)3)33-17-16-22(19-28(34)35)18-27(33)24-11-13-25(14-12-24)29(30,31)32/h7-14,20,22,26-27H,4-6,15-19H2,1-3H3,(H,34,35). The number of carboxylic acid groups (broad SMARTS) is 1. The van der Waals surface area contributed by atoms with Crippen LogP contribution in [0.1, 0.15) is 93.6 Å². The molecule has 2 aromatic rings. The first-order chi connectivity index (χ1) is 16.6. The van der Waals surface area contributed by atoms with E-state index in [4.69, 9.17) is 0 Å². The Hall–Kier alpha value is -2.34. The van der Waals surface area contributed by atoms with E-state index in [1.54, 1.807) is 12.1 Å². The highest BCUT2D eigenvalue weighted by atomic mass is 19.4. The van der Waals surface area contributed by atoms with Gasteiger partial charge in [-0.05, 0) is 79.3 Å². The molecule has 0 saturated carbocycles. The average molecular weight is 490 g/mol. The Morgan fingerprint density at radius 1 is 1.06 bits per heavy atom. The molecule has 2 aromatic carbocycles. The van der Waals surface area contributed by atoms with Crippen LogP contribution in [-0.2, 0) is 17.4 Å². The predicted octanol–water partition coefficient (Wildman–Crippen LogP) is 8.06. The molecule has 1 fully saturated rings. The van der Waals surface area contributed by atoms with E-state index in [-0.39, 0.29) is 24.4 Å². The lowest BCUT2D eigenvalue weighted by atomic mass is 9.82. The maximum absolute atomic E-state index is 13.2. The molecule has 192 valence electrons. The number of carboxylic acids is 1. The lowest BCUT2D eigenvalue weighted by Crippen LogP contribution is -2.40. The minimum absolute atomic E-state index is 0.00808. The molecule has 0 aliphatic carbocycles. The highest BCUT2D eigenvalue weighted by Crippen LogP contribution is 2.43. The third kappa shape index (κ3) is 7.57. The summed E-state index contributed by atoms with van der Waals surface area (Å²) in [5, 5.41) is 9.38. The summed E-state index contributed by atoms with van der Waals surface area (Å²) in [4.78, 5) is 13.8. The zero-order valence-corrected chi connectivity index (χ0v) is 21.0. The van der Waals surface area contributed by atoms with E-state index in [1.165, 1.54) is 11.1 Å². The van der Waals surface area contributed by atoms with E-state index >= 15 is 0 Å². The average Bonchev–Trinajstić information content (AvgIpc) is 2.80. The minimum Gasteiger partial charge on any atom is -0.481 e. The molecule has 3 nitrogen and oxygen atoms in total. The van der Waals surface area contributed by atoms with Crippen molar-refractivity contribution in [2.24, 2.45) is 11.8 Å². The van der Waals surface area contributed by atoms with Crippen molar-refractivity contribution in [3.05, 3.63) is 70.8 Å². The third-order valence-corrected chi connectivity index (χ3v) is 7.16. The van der Waals surface area contributed by atoms with Gasteiger partial charge in [0.25, 0.3) is 0 Å². The number of rotatable bonds is 10. The summed E-state index contributed by atoms with van der Waals surface area (Å²) in [5.41, 5.74) is 2.69. The molecular weight excluding hydrogens is 451 g/mol. The summed E-state index contributed by atoms with van der Waals surface area (Å²) in [7, 11) is 0. The Labute approximate surface area is 207 Å². The monoisotopic (exact) mass is 489 g/mol. The number of halogens is 3. The first-order valence-corrected chi connectivity index (χ1v) is 12.8. The van der Waals surface area contributed by atoms with Crippen molar-refractivity contribution in [3.63, 3.8) is 0 Å². The summed E-state index contributed by atoms with van der Waals surface area (Å²) in [5.74, 6) is -0.280. The lowest BCUT2D eigenvalue weighted by Gasteiger charge is -2.44. The van der Waals surface area contributed by atoms with Crippen molar-refractivity contribution < 1.29 is 23.1 Å². The zero-order chi connectivity index (χ0) is 25.6. The van der Waals surface area contributed by atoms with Crippen LogP contribution >= 0.6 is 0 Å². The van der Waals surface area contributed by atoms with Gasteiger partial charge in [-0.3, -0.25) is 9.69 Å². The molecule has 3 unspecified atom stereocenters. The molecule has 1 saturated heterocycles. The van der Waals surface area contributed by atoms with Crippen LogP contribution in [0, 0.1) is 11.8 Å². The Balaban J connectivity index is 1.96. The molecule has 3 rings (SSSR count). The number of piperidine rings is 1. The van der Waals surface area contributed by atoms with Gasteiger partial charge in [0.05, 0.1) is 5.56 Å². The van der Waals surface area contributed by atoms with Gasteiger partial charge in [0, 0.05) is 18.5 Å². The fourth-order valence-electron chi connectivity index (χ4n) is 5.29. The molecule has 0 spiro atoms. The molecule has 6 heteroatoms. The molecule has 1 aliphatic rings. The van der Waals surface area contributed by atoms with Crippen LogP contribution in [-0.4, -0.2) is 22.5 Å². The number of hydrogen-bond acceptors (Lipinski definition) is 2. The normalized spacial score (nSPS) is 20.2. The minimum atomic E-state index is -4.38. The van der Waals surface area contributed by atoms with Gasteiger partial charge in [-0.25, -0.2) is 0 Å². The molecule has 0 amide bonds. The van der Waals surface area contributed by atoms with Crippen LogP contribution in [0.4, 0.5) is 13.2 Å². The van der Waals surface area contributed by atoms with Gasteiger partial charge in [-0.1, -0.05) is 63.6 Å². The van der Waals surface area contributed by atoms with E-state index in [2.05, 4.69) is 49.9 Å². The summed E-state index contributed by atoms with van der Waals surface area (Å²) in [6.07, 6.45) is 1.22. The van der Waals surface area contributed by atoms with Gasteiger partial charge in [0.1, 0.15) is 0 Å². The van der Waals surface area contributed by atoms with E-state index in [0.717, 1.165) is 56.3 Å². The molecule has 0 bridgehead atoms. The molecule has 3 atom stereocenters. The Morgan fingerprint density at radius 3 is 2.26 bits per heavy atom. The fraction of sp³-hybridized carbons (Fsp3) is 0.552. The number of benzene rings is 2. The molecule has 1 aliphatic heterocycles. The zero-order valence-electron chi connectivity index (χ0n) is 21.0. The van der Waals surface area contributed by atoms with Crippen molar-refractivity contribution in [1.29, 1.82) is 0 Å². The number of aliphatic carboxylic acids is 1. The largest absolute Gasteiger partial charge is 0.481 e. The second-order valence-corrected chi connectivity index (χ2v) is 10.3. The highest BCUT2D eigenvalue weighted by Gasteiger charge is 2.36. The third-order valence-electron chi connectivity index (χ3n) is 7.16. The molecule has 35 heavy (non-hydrogen) atoms. The van der Waals surface area contributed by atoms with Crippen molar-refractivity contribution >= 4 is 5.97 Å². The highest BCUT2D eigenvalue weighted by molar-refractivity contribution is 5.67. The maximum Gasteiger partial charge on any atom is 0.416 e. The Morgan fingerprint density at radius 2 is 1.71 bits per heavy atom. The summed E-state index contributed by atoms with van der Waals surface area (Å²) in [6, 6.07) is 14.2. The van der Waals surface area contributed by atoms with E-state index in [1.807, 2.05) is 0 Å². The Kier molecular flexibility index (Phi) is 9.40. The number of hydrogen-bond donors (Lipinski definition) is 1. The van der Waals surface area contributed by atoms with Gasteiger partial charge in [-0.15, -0.1) is 0 Å². The van der Waals surface area contributed by atoms with Crippen LogP contribution in [0.2, 0.25) is 0 Å². The van der Waals surface area contributed by atoms with Gasteiger partial charge in [0.15, 0.2) is 0 Å². The fourth-order valence-corrected chi connectivity index (χ4v) is 5.29. The van der Waals surface area contributed by atoms with E-state index in [9.17, 15) is 23.1 Å². The van der Waals surface area contributed by atoms with Crippen molar-refractivity contribution in [3.8, 4) is 0 Å². The van der Waals surface area contributed by atoms with Gasteiger partial charge < -0.3 is 5.11 Å². The summed E-state index contributed by atoms with van der Waals surface area (Å²) < 4.78 is 39.5. The first kappa shape index (κ1) is 27.3. The van der Waals surface area contributed by atoms with Gasteiger partial charge in [-0.2, -0.15) is 13.2 Å². The number of carbonyl (C=O) groups is 1. The van der Waals surface area contributed by atoms with Crippen molar-refractivity contribution in [2.45, 2.75) is 84.0 Å². The number of likely N-dealkylation sites (tertiary alicyclic amines) is 1. The van der Waals surface area contributed by atoms with Gasteiger partial charge in [0.2, 0.25) is 0 Å². The quantitative estimate of drug-likeness (QED) is 0.367. The second kappa shape index (κ2) is 12.1. The molecule has 1 N–H and O–H groups in total. The Bertz CT molecular complexity index is 938. The van der Waals surface area contributed by atoms with Crippen molar-refractivity contribution in [1.82, 2.24) is 4.90 Å². The second-order valence-electron chi connectivity index (χ2n) is 10.3. The van der Waals surface area contributed by atoms with Crippen molar-refractivity contribution in [2.75, 3.05) is 6.54 Å². The summed E-state index contributed by atoms with van der Waals surface area (Å²) >= 11 is 0. The molecule has 1 heterocycles. The maximum atomic E-state index is 13.2. The van der Waals surface area contributed by atoms with E-state index < -0.39 is 17.7 Å². The summed E-state index contributed by atoms with van der Waals surface area (Å²) in [6.45, 7) is 7.29. The van der Waals surface area contributed by atoms with Gasteiger partial charge >= 0.3 is 12.1 Å². The van der Waals surface area contributed by atoms with Crippen LogP contribution in [0.25, 0.3) is 0 Å². The van der Waals surface area contributed by atoms with Crippen LogP contribution in [0.15, 0.2) is 48.5 Å². The number of aryl methyl sites for hydroxylation is 1. The molecule has 0 radical (unpaired) electrons. The van der Waals surface area contributed by atoms with E-state index in [0.29, 0.717) is 12.3 Å². The van der Waals surface area contributed by atoms with Crippen LogP contribution in [0.3, 0.4) is 0 Å². The predicted molar refractivity (Wildman–Crippen MR) is 133 cm³/mol. The molecule has 0 aromatic heterocycles.